The van der Waals surface area contributed by atoms with Gasteiger partial charge in [-0.3, -0.25) is 0 Å². The van der Waals surface area contributed by atoms with Crippen LogP contribution >= 0.6 is 0 Å². The van der Waals surface area contributed by atoms with E-state index >= 15 is 0 Å². The normalized spacial score (nSPS) is 20.0. The van der Waals surface area contributed by atoms with Crippen LogP contribution in [0, 0.1) is 0 Å². The molecular formula is C15H25N5. The number of nitrogens with zero attached hydrogens (tertiary/aromatic N) is 4. The van der Waals surface area contributed by atoms with E-state index in [-0.39, 0.29) is 0 Å². The predicted octanol–water partition coefficient (Wildman–Crippen LogP) is 0.956. The summed E-state index contributed by atoms with van der Waals surface area (Å²) < 4.78 is 0. The standard InChI is InChI=1S/C15H25N5/c1-2-19-7-9-20(10-8-19)15-17-13-6-4-3-5-12(13)14(11-16)18-15/h2-11,16H2,1H3. The molecule has 20 heavy (non-hydrogen) atoms. The van der Waals surface area contributed by atoms with Crippen LogP contribution in [0.3, 0.4) is 0 Å². The van der Waals surface area contributed by atoms with Gasteiger partial charge in [0.05, 0.1) is 5.69 Å². The first-order valence-corrected chi connectivity index (χ1v) is 7.88. The number of hydrogen-bond donors (Lipinski definition) is 1. The average Bonchev–Trinajstić information content (AvgIpc) is 2.54. The summed E-state index contributed by atoms with van der Waals surface area (Å²) in [5.74, 6) is 0.904. The Bertz CT molecular complexity index is 448. The van der Waals surface area contributed by atoms with Crippen molar-refractivity contribution in [2.45, 2.75) is 39.2 Å². The lowest BCUT2D eigenvalue weighted by Crippen LogP contribution is -2.47. The fraction of sp³-hybridized carbons (Fsp3) is 0.733. The van der Waals surface area contributed by atoms with Gasteiger partial charge in [0.25, 0.3) is 0 Å². The Balaban J connectivity index is 1.83. The van der Waals surface area contributed by atoms with E-state index in [1.54, 1.807) is 0 Å². The summed E-state index contributed by atoms with van der Waals surface area (Å²) in [5.41, 5.74) is 9.55. The highest BCUT2D eigenvalue weighted by Crippen LogP contribution is 2.24. The molecule has 1 aliphatic carbocycles. The third kappa shape index (κ3) is 2.65. The molecule has 0 spiro atoms. The summed E-state index contributed by atoms with van der Waals surface area (Å²) in [5, 5.41) is 0. The molecule has 0 radical (unpaired) electrons. The average molecular weight is 275 g/mol. The molecule has 2 N–H and O–H groups in total. The Kier molecular flexibility index (Phi) is 4.17. The van der Waals surface area contributed by atoms with Crippen molar-refractivity contribution < 1.29 is 0 Å². The molecule has 1 aliphatic heterocycles. The summed E-state index contributed by atoms with van der Waals surface area (Å²) in [6.45, 7) is 8.15. The van der Waals surface area contributed by atoms with Crippen molar-refractivity contribution in [1.82, 2.24) is 14.9 Å². The third-order valence-electron chi connectivity index (χ3n) is 4.55. The molecule has 3 rings (SSSR count). The lowest BCUT2D eigenvalue weighted by molar-refractivity contribution is 0.269. The monoisotopic (exact) mass is 275 g/mol. The van der Waals surface area contributed by atoms with Crippen LogP contribution in [-0.4, -0.2) is 47.6 Å². The van der Waals surface area contributed by atoms with Gasteiger partial charge in [-0.15, -0.1) is 0 Å². The Labute approximate surface area is 121 Å². The van der Waals surface area contributed by atoms with Gasteiger partial charge in [0.2, 0.25) is 5.95 Å². The van der Waals surface area contributed by atoms with Crippen molar-refractivity contribution in [2.75, 3.05) is 37.6 Å². The lowest BCUT2D eigenvalue weighted by Gasteiger charge is -2.34. The van der Waals surface area contributed by atoms with E-state index in [1.165, 1.54) is 24.1 Å². The molecule has 5 heteroatoms. The Hall–Kier alpha value is -1.20. The first-order valence-electron chi connectivity index (χ1n) is 7.88. The molecule has 1 aromatic rings. The van der Waals surface area contributed by atoms with Crippen LogP contribution in [0.1, 0.15) is 36.7 Å². The van der Waals surface area contributed by atoms with Crippen LogP contribution in [0.5, 0.6) is 0 Å². The fourth-order valence-corrected chi connectivity index (χ4v) is 3.23. The second-order valence-electron chi connectivity index (χ2n) is 5.73. The van der Waals surface area contributed by atoms with Crippen molar-refractivity contribution in [3.05, 3.63) is 17.0 Å². The number of aromatic nitrogens is 2. The number of anilines is 1. The second-order valence-corrected chi connectivity index (χ2v) is 5.73. The Morgan fingerprint density at radius 2 is 1.80 bits per heavy atom. The van der Waals surface area contributed by atoms with E-state index in [2.05, 4.69) is 16.7 Å². The minimum Gasteiger partial charge on any atom is -0.338 e. The van der Waals surface area contributed by atoms with E-state index in [0.717, 1.165) is 57.2 Å². The quantitative estimate of drug-likeness (QED) is 0.890. The van der Waals surface area contributed by atoms with Gasteiger partial charge in [0.1, 0.15) is 0 Å². The number of hydrogen-bond acceptors (Lipinski definition) is 5. The van der Waals surface area contributed by atoms with Gasteiger partial charge in [-0.1, -0.05) is 6.92 Å². The van der Waals surface area contributed by atoms with Gasteiger partial charge in [-0.2, -0.15) is 0 Å². The molecule has 0 saturated carbocycles. The number of rotatable bonds is 3. The van der Waals surface area contributed by atoms with Crippen molar-refractivity contribution in [2.24, 2.45) is 5.73 Å². The number of nitrogens with two attached hydrogens (primary N) is 1. The Morgan fingerprint density at radius 3 is 2.50 bits per heavy atom. The number of piperazine rings is 1. The van der Waals surface area contributed by atoms with E-state index in [9.17, 15) is 0 Å². The van der Waals surface area contributed by atoms with Gasteiger partial charge in [-0.25, -0.2) is 9.97 Å². The molecule has 5 nitrogen and oxygen atoms in total. The maximum Gasteiger partial charge on any atom is 0.225 e. The zero-order valence-electron chi connectivity index (χ0n) is 12.4. The van der Waals surface area contributed by atoms with E-state index in [1.807, 2.05) is 0 Å². The van der Waals surface area contributed by atoms with Gasteiger partial charge in [0.15, 0.2) is 0 Å². The Morgan fingerprint density at radius 1 is 1.05 bits per heavy atom. The van der Waals surface area contributed by atoms with Crippen molar-refractivity contribution in [3.8, 4) is 0 Å². The summed E-state index contributed by atoms with van der Waals surface area (Å²) in [6.07, 6.45) is 4.69. The molecule has 0 amide bonds. The van der Waals surface area contributed by atoms with E-state index in [0.29, 0.717) is 6.54 Å². The smallest absolute Gasteiger partial charge is 0.225 e. The van der Waals surface area contributed by atoms with Gasteiger partial charge < -0.3 is 15.5 Å². The van der Waals surface area contributed by atoms with Crippen LogP contribution in [0.25, 0.3) is 0 Å². The fourth-order valence-electron chi connectivity index (χ4n) is 3.23. The second kappa shape index (κ2) is 6.06. The summed E-state index contributed by atoms with van der Waals surface area (Å²) in [4.78, 5) is 14.4. The molecule has 0 atom stereocenters. The third-order valence-corrected chi connectivity index (χ3v) is 4.55. The number of fused-ring (bicyclic) bond motifs is 1. The first kappa shape index (κ1) is 13.8. The molecular weight excluding hydrogens is 250 g/mol. The zero-order valence-corrected chi connectivity index (χ0v) is 12.4. The molecule has 110 valence electrons. The van der Waals surface area contributed by atoms with Crippen LogP contribution in [0.4, 0.5) is 5.95 Å². The zero-order chi connectivity index (χ0) is 13.9. The summed E-state index contributed by atoms with van der Waals surface area (Å²) in [6, 6.07) is 0. The van der Waals surface area contributed by atoms with E-state index < -0.39 is 0 Å². The molecule has 2 heterocycles. The van der Waals surface area contributed by atoms with Crippen LogP contribution < -0.4 is 10.6 Å². The maximum atomic E-state index is 5.90. The topological polar surface area (TPSA) is 58.3 Å². The highest BCUT2D eigenvalue weighted by atomic mass is 15.3. The predicted molar refractivity (Wildman–Crippen MR) is 80.9 cm³/mol. The van der Waals surface area contributed by atoms with Gasteiger partial charge in [-0.05, 0) is 37.8 Å². The molecule has 0 aromatic carbocycles. The highest BCUT2D eigenvalue weighted by molar-refractivity contribution is 5.39. The molecule has 0 unspecified atom stereocenters. The molecule has 2 aliphatic rings. The minimum atomic E-state index is 0.535. The van der Waals surface area contributed by atoms with Crippen LogP contribution in [-0.2, 0) is 19.4 Å². The van der Waals surface area contributed by atoms with Gasteiger partial charge >= 0.3 is 0 Å². The SMILES string of the molecule is CCN1CCN(c2nc(CN)c3c(n2)CCCC3)CC1. The van der Waals surface area contributed by atoms with Gasteiger partial charge in [0, 0.05) is 38.4 Å². The minimum absolute atomic E-state index is 0.535. The highest BCUT2D eigenvalue weighted by Gasteiger charge is 2.22. The molecule has 1 fully saturated rings. The van der Waals surface area contributed by atoms with Crippen LogP contribution in [0.15, 0.2) is 0 Å². The summed E-state index contributed by atoms with van der Waals surface area (Å²) >= 11 is 0. The van der Waals surface area contributed by atoms with Crippen molar-refractivity contribution >= 4 is 5.95 Å². The molecule has 1 aromatic heterocycles. The largest absolute Gasteiger partial charge is 0.338 e. The molecule has 1 saturated heterocycles. The van der Waals surface area contributed by atoms with E-state index in [4.69, 9.17) is 15.7 Å². The van der Waals surface area contributed by atoms with Crippen LogP contribution in [0.2, 0.25) is 0 Å². The maximum absolute atomic E-state index is 5.90. The van der Waals surface area contributed by atoms with Crippen molar-refractivity contribution in [3.63, 3.8) is 0 Å². The van der Waals surface area contributed by atoms with Crippen molar-refractivity contribution in [1.29, 1.82) is 0 Å². The lowest BCUT2D eigenvalue weighted by atomic mass is 9.94. The number of likely N-dealkylation sites (N-methyl/N-ethyl adjacent to an activating group) is 1. The molecule has 0 bridgehead atoms. The summed E-state index contributed by atoms with van der Waals surface area (Å²) in [7, 11) is 0. The first-order chi connectivity index (χ1) is 9.81. The number of aryl methyl sites for hydroxylation is 1.